The zero-order valence-electron chi connectivity index (χ0n) is 15.5. The third-order valence-corrected chi connectivity index (χ3v) is 4.70. The van der Waals surface area contributed by atoms with E-state index in [9.17, 15) is 4.79 Å². The molecular formula is C18H31N5O. The highest BCUT2D eigenvalue weighted by Gasteiger charge is 2.27. The molecule has 0 saturated carbocycles. The topological polar surface area (TPSA) is 61.4 Å². The van der Waals surface area contributed by atoms with E-state index in [1.54, 1.807) is 11.1 Å². The fraction of sp³-hybridized carbons (Fsp3) is 0.722. The van der Waals surface area contributed by atoms with Crippen molar-refractivity contribution >= 4 is 6.03 Å². The molecule has 2 heterocycles. The van der Waals surface area contributed by atoms with Crippen LogP contribution in [0.25, 0.3) is 0 Å². The van der Waals surface area contributed by atoms with Crippen LogP contribution >= 0.6 is 0 Å². The summed E-state index contributed by atoms with van der Waals surface area (Å²) in [5, 5.41) is 3.18. The Kier molecular flexibility index (Phi) is 6.54. The second kappa shape index (κ2) is 8.42. The van der Waals surface area contributed by atoms with E-state index in [2.05, 4.69) is 34.0 Å². The Hall–Kier alpha value is -1.69. The van der Waals surface area contributed by atoms with Gasteiger partial charge in [-0.1, -0.05) is 12.8 Å². The van der Waals surface area contributed by atoms with E-state index in [1.165, 1.54) is 32.0 Å². The number of rotatable bonds is 5. The van der Waals surface area contributed by atoms with Gasteiger partial charge in [-0.05, 0) is 52.8 Å². The molecule has 2 amide bonds. The lowest BCUT2D eigenvalue weighted by Crippen LogP contribution is -2.55. The summed E-state index contributed by atoms with van der Waals surface area (Å²) in [5.74, 6) is 0. The summed E-state index contributed by atoms with van der Waals surface area (Å²) in [6.45, 7) is 9.31. The van der Waals surface area contributed by atoms with Crippen molar-refractivity contribution in [3.05, 3.63) is 24.3 Å². The van der Waals surface area contributed by atoms with Gasteiger partial charge >= 0.3 is 6.03 Å². The largest absolute Gasteiger partial charge is 0.332 e. The van der Waals surface area contributed by atoms with E-state index in [1.807, 2.05) is 20.0 Å². The minimum atomic E-state index is -0.263. The SMILES string of the molecule is C[C@H](c1ccncn1)N(C)C(=O)NC(C)(C)CN1CCCCCC1. The van der Waals surface area contributed by atoms with Crippen LogP contribution in [-0.4, -0.2) is 58.0 Å². The van der Waals surface area contributed by atoms with Gasteiger partial charge in [0, 0.05) is 25.3 Å². The van der Waals surface area contributed by atoms with E-state index in [4.69, 9.17) is 0 Å². The van der Waals surface area contributed by atoms with Crippen LogP contribution in [-0.2, 0) is 0 Å². The Bertz CT molecular complexity index is 511. The first-order valence-electron chi connectivity index (χ1n) is 8.92. The molecule has 1 aliphatic rings. The highest BCUT2D eigenvalue weighted by Crippen LogP contribution is 2.17. The minimum Gasteiger partial charge on any atom is -0.332 e. The molecule has 0 bridgehead atoms. The van der Waals surface area contributed by atoms with Gasteiger partial charge in [0.25, 0.3) is 0 Å². The highest BCUT2D eigenvalue weighted by molar-refractivity contribution is 5.75. The van der Waals surface area contributed by atoms with Crippen molar-refractivity contribution in [2.75, 3.05) is 26.7 Å². The average Bonchev–Trinajstić information content (AvgIpc) is 2.81. The number of nitrogens with one attached hydrogen (secondary N) is 1. The van der Waals surface area contributed by atoms with Crippen LogP contribution in [0, 0.1) is 0 Å². The maximum absolute atomic E-state index is 12.6. The number of aromatic nitrogens is 2. The lowest BCUT2D eigenvalue weighted by atomic mass is 10.0. The Morgan fingerprint density at radius 1 is 1.33 bits per heavy atom. The molecule has 1 aliphatic heterocycles. The number of carbonyl (C=O) groups is 1. The van der Waals surface area contributed by atoms with Gasteiger partial charge in [-0.25, -0.2) is 14.8 Å². The van der Waals surface area contributed by atoms with Gasteiger partial charge in [-0.3, -0.25) is 0 Å². The number of hydrogen-bond donors (Lipinski definition) is 1. The second-order valence-corrected chi connectivity index (χ2v) is 7.43. The number of hydrogen-bond acceptors (Lipinski definition) is 4. The molecule has 6 heteroatoms. The maximum atomic E-state index is 12.6. The predicted molar refractivity (Wildman–Crippen MR) is 95.7 cm³/mol. The number of amides is 2. The van der Waals surface area contributed by atoms with Crippen molar-refractivity contribution in [3.63, 3.8) is 0 Å². The molecule has 0 aliphatic carbocycles. The molecule has 1 saturated heterocycles. The molecule has 1 N–H and O–H groups in total. The van der Waals surface area contributed by atoms with Gasteiger partial charge in [0.1, 0.15) is 6.33 Å². The summed E-state index contributed by atoms with van der Waals surface area (Å²) in [7, 11) is 1.81. The Morgan fingerprint density at radius 3 is 2.58 bits per heavy atom. The molecule has 0 radical (unpaired) electrons. The Labute approximate surface area is 145 Å². The second-order valence-electron chi connectivity index (χ2n) is 7.43. The first-order chi connectivity index (χ1) is 11.4. The third-order valence-electron chi connectivity index (χ3n) is 4.70. The van der Waals surface area contributed by atoms with E-state index in [0.717, 1.165) is 25.3 Å². The first-order valence-corrected chi connectivity index (χ1v) is 8.92. The summed E-state index contributed by atoms with van der Waals surface area (Å²) < 4.78 is 0. The number of likely N-dealkylation sites (tertiary alicyclic amines) is 1. The molecule has 0 aromatic carbocycles. The lowest BCUT2D eigenvalue weighted by molar-refractivity contribution is 0.165. The first kappa shape index (κ1) is 18.6. The molecule has 0 spiro atoms. The van der Waals surface area contributed by atoms with Gasteiger partial charge < -0.3 is 15.1 Å². The molecule has 1 aromatic rings. The van der Waals surface area contributed by atoms with Gasteiger partial charge in [-0.15, -0.1) is 0 Å². The predicted octanol–water partition coefficient (Wildman–Crippen LogP) is 2.83. The molecule has 0 unspecified atom stereocenters. The Balaban J connectivity index is 1.91. The molecular weight excluding hydrogens is 302 g/mol. The summed E-state index contributed by atoms with van der Waals surface area (Å²) in [6.07, 6.45) is 8.38. The molecule has 24 heavy (non-hydrogen) atoms. The van der Waals surface area contributed by atoms with E-state index >= 15 is 0 Å². The minimum absolute atomic E-state index is 0.0686. The van der Waals surface area contributed by atoms with E-state index in [0.29, 0.717) is 0 Å². The number of nitrogens with zero attached hydrogens (tertiary/aromatic N) is 4. The van der Waals surface area contributed by atoms with Crippen molar-refractivity contribution in [1.82, 2.24) is 25.1 Å². The fourth-order valence-corrected chi connectivity index (χ4v) is 3.19. The zero-order valence-corrected chi connectivity index (χ0v) is 15.5. The van der Waals surface area contributed by atoms with Crippen molar-refractivity contribution in [1.29, 1.82) is 0 Å². The van der Waals surface area contributed by atoms with Crippen molar-refractivity contribution in [3.8, 4) is 0 Å². The third kappa shape index (κ3) is 5.44. The molecule has 1 fully saturated rings. The van der Waals surface area contributed by atoms with E-state index in [-0.39, 0.29) is 17.6 Å². The van der Waals surface area contributed by atoms with Crippen LogP contribution in [0.2, 0.25) is 0 Å². The number of urea groups is 1. The number of carbonyl (C=O) groups excluding carboxylic acids is 1. The monoisotopic (exact) mass is 333 g/mol. The fourth-order valence-electron chi connectivity index (χ4n) is 3.19. The van der Waals surface area contributed by atoms with Crippen LogP contribution in [0.1, 0.15) is 58.2 Å². The summed E-state index contributed by atoms with van der Waals surface area (Å²) in [6, 6.07) is 1.68. The highest BCUT2D eigenvalue weighted by atomic mass is 16.2. The van der Waals surface area contributed by atoms with Crippen LogP contribution in [0.4, 0.5) is 4.79 Å². The van der Waals surface area contributed by atoms with Crippen molar-refractivity contribution in [2.45, 2.75) is 58.0 Å². The quantitative estimate of drug-likeness (QED) is 0.900. The molecule has 1 atom stereocenters. The molecule has 134 valence electrons. The van der Waals surface area contributed by atoms with Gasteiger partial charge in [0.15, 0.2) is 0 Å². The van der Waals surface area contributed by atoms with Crippen LogP contribution in [0.15, 0.2) is 18.6 Å². The Morgan fingerprint density at radius 2 is 2.00 bits per heavy atom. The molecule has 2 rings (SSSR count). The van der Waals surface area contributed by atoms with Gasteiger partial charge in [0.2, 0.25) is 0 Å². The van der Waals surface area contributed by atoms with Crippen molar-refractivity contribution in [2.24, 2.45) is 0 Å². The smallest absolute Gasteiger partial charge is 0.318 e. The lowest BCUT2D eigenvalue weighted by Gasteiger charge is -2.35. The van der Waals surface area contributed by atoms with E-state index < -0.39 is 0 Å². The van der Waals surface area contributed by atoms with Crippen LogP contribution in [0.3, 0.4) is 0 Å². The molecule has 6 nitrogen and oxygen atoms in total. The van der Waals surface area contributed by atoms with Gasteiger partial charge in [0.05, 0.1) is 11.7 Å². The van der Waals surface area contributed by atoms with Gasteiger partial charge in [-0.2, -0.15) is 0 Å². The maximum Gasteiger partial charge on any atom is 0.318 e. The summed E-state index contributed by atoms with van der Waals surface area (Å²) in [5.41, 5.74) is 0.578. The van der Waals surface area contributed by atoms with Crippen molar-refractivity contribution < 1.29 is 4.79 Å². The van der Waals surface area contributed by atoms with Crippen LogP contribution in [0.5, 0.6) is 0 Å². The standard InChI is InChI=1S/C18H31N5O/c1-15(16-9-10-19-14-20-16)22(4)17(24)21-18(2,3)13-23-11-7-5-6-8-12-23/h9-10,14-15H,5-8,11-13H2,1-4H3,(H,21,24)/t15-/m1/s1. The summed E-state index contributed by atoms with van der Waals surface area (Å²) in [4.78, 5) is 25.0. The zero-order chi connectivity index (χ0) is 17.6. The normalized spacial score (nSPS) is 17.8. The van der Waals surface area contributed by atoms with Crippen LogP contribution < -0.4 is 5.32 Å². The molecule has 1 aromatic heterocycles. The summed E-state index contributed by atoms with van der Waals surface area (Å²) >= 11 is 0. The average molecular weight is 333 g/mol.